The van der Waals surface area contributed by atoms with Gasteiger partial charge < -0.3 is 9.63 Å². The molecular weight excluding hydrogens is 454 g/mol. The van der Waals surface area contributed by atoms with Crippen LogP contribution < -0.4 is 10.3 Å². The fourth-order valence-electron chi connectivity index (χ4n) is 2.93. The van der Waals surface area contributed by atoms with Crippen molar-refractivity contribution in [3.63, 3.8) is 0 Å². The lowest BCUT2D eigenvalue weighted by atomic mass is 10.3. The highest BCUT2D eigenvalue weighted by Crippen LogP contribution is 2.23. The van der Waals surface area contributed by atoms with E-state index < -0.39 is 15.6 Å². The molecule has 0 saturated carbocycles. The number of aryl methyl sites for hydroxylation is 1. The fourth-order valence-corrected chi connectivity index (χ4v) is 4.40. The third-order valence-corrected chi connectivity index (χ3v) is 6.73. The van der Waals surface area contributed by atoms with Crippen molar-refractivity contribution in [1.82, 2.24) is 14.3 Å². The summed E-state index contributed by atoms with van der Waals surface area (Å²) in [4.78, 5) is 16.9. The maximum atomic E-state index is 12.6. The van der Waals surface area contributed by atoms with Gasteiger partial charge in [0.1, 0.15) is 5.56 Å². The number of hydrogen-bond acceptors (Lipinski definition) is 8. The van der Waals surface area contributed by atoms with Crippen LogP contribution in [0.15, 0.2) is 43.5 Å². The van der Waals surface area contributed by atoms with Gasteiger partial charge in [0.25, 0.3) is 15.6 Å². The molecule has 0 bridgehead atoms. The van der Waals surface area contributed by atoms with Crippen LogP contribution in [-0.4, -0.2) is 34.0 Å². The fraction of sp³-hybridized carbons (Fsp3) is 0.300. The minimum atomic E-state index is -3.89. The van der Waals surface area contributed by atoms with Crippen LogP contribution in [0.2, 0.25) is 0 Å². The van der Waals surface area contributed by atoms with Gasteiger partial charge in [-0.25, -0.2) is 13.1 Å². The Kier molecular flexibility index (Phi) is 6.65. The van der Waals surface area contributed by atoms with Crippen LogP contribution in [-0.2, 0) is 23.1 Å². The molecule has 0 unspecified atom stereocenters. The van der Waals surface area contributed by atoms with E-state index in [0.29, 0.717) is 30.0 Å². The first kappa shape index (κ1) is 23.4. The maximum absolute atomic E-state index is 12.6. The Labute approximate surface area is 189 Å². The number of anilines is 1. The number of aromatic nitrogens is 3. The first-order chi connectivity index (χ1) is 15.1. The van der Waals surface area contributed by atoms with Crippen molar-refractivity contribution in [1.29, 1.82) is 0 Å². The third kappa shape index (κ3) is 4.36. The SMILES string of the molecule is CCn1c(O)c(C=Nc2ccc(S(=O)(=O)Nc3onc(C)c3C)cc2)c(=O)n(CC)c1=S. The topological polar surface area (TPSA) is 132 Å². The van der Waals surface area contributed by atoms with Gasteiger partial charge in [0, 0.05) is 24.9 Å². The standard InChI is InChI=1S/C20H23N5O5S2/c1-5-24-18(26)16(19(27)25(6-2)20(24)31)11-21-14-7-9-15(10-8-14)32(28,29)23-17-12(3)13(4)22-30-17/h7-11,23,26H,5-6H2,1-4H3. The van der Waals surface area contributed by atoms with Gasteiger partial charge in [-0.1, -0.05) is 5.16 Å². The molecule has 3 aromatic rings. The van der Waals surface area contributed by atoms with Gasteiger partial charge in [-0.2, -0.15) is 0 Å². The van der Waals surface area contributed by atoms with E-state index in [2.05, 4.69) is 14.9 Å². The smallest absolute Gasteiger partial charge is 0.267 e. The van der Waals surface area contributed by atoms with Crippen molar-refractivity contribution < 1.29 is 18.0 Å². The van der Waals surface area contributed by atoms with E-state index in [-0.39, 0.29) is 27.0 Å². The number of aliphatic imine (C=N–C) groups is 1. The molecule has 0 fully saturated rings. The van der Waals surface area contributed by atoms with Crippen LogP contribution >= 0.6 is 12.2 Å². The molecule has 0 aliphatic carbocycles. The van der Waals surface area contributed by atoms with E-state index in [9.17, 15) is 18.3 Å². The first-order valence-corrected chi connectivity index (χ1v) is 11.7. The molecule has 0 amide bonds. The lowest BCUT2D eigenvalue weighted by molar-refractivity contribution is 0.399. The second-order valence-corrected chi connectivity index (χ2v) is 8.94. The highest BCUT2D eigenvalue weighted by atomic mass is 32.2. The van der Waals surface area contributed by atoms with Crippen LogP contribution in [0.3, 0.4) is 0 Å². The predicted molar refractivity (Wildman–Crippen MR) is 123 cm³/mol. The summed E-state index contributed by atoms with van der Waals surface area (Å²) in [6, 6.07) is 5.70. The molecule has 3 rings (SSSR count). The number of rotatable bonds is 7. The number of nitrogens with one attached hydrogen (secondary N) is 1. The lowest BCUT2D eigenvalue weighted by Gasteiger charge is -2.13. The zero-order chi connectivity index (χ0) is 23.6. The Bertz CT molecular complexity index is 1400. The van der Waals surface area contributed by atoms with Crippen molar-refractivity contribution in [2.24, 2.45) is 4.99 Å². The van der Waals surface area contributed by atoms with Crippen LogP contribution in [0.4, 0.5) is 11.6 Å². The normalized spacial score (nSPS) is 11.9. The Balaban J connectivity index is 1.90. The van der Waals surface area contributed by atoms with Gasteiger partial charge in [-0.05, 0) is 64.2 Å². The summed E-state index contributed by atoms with van der Waals surface area (Å²) in [6.45, 7) is 7.72. The Morgan fingerprint density at radius 1 is 1.19 bits per heavy atom. The van der Waals surface area contributed by atoms with Crippen LogP contribution in [0, 0.1) is 18.6 Å². The number of sulfonamides is 1. The summed E-state index contributed by atoms with van der Waals surface area (Å²) in [6.07, 6.45) is 1.24. The van der Waals surface area contributed by atoms with Crippen molar-refractivity contribution >= 4 is 40.0 Å². The first-order valence-electron chi connectivity index (χ1n) is 9.77. The molecule has 2 heterocycles. The molecule has 32 heavy (non-hydrogen) atoms. The van der Waals surface area contributed by atoms with Crippen molar-refractivity contribution in [3.05, 3.63) is 56.2 Å². The van der Waals surface area contributed by atoms with Gasteiger partial charge in [0.2, 0.25) is 11.8 Å². The highest BCUT2D eigenvalue weighted by Gasteiger charge is 2.19. The third-order valence-electron chi connectivity index (χ3n) is 4.94. The lowest BCUT2D eigenvalue weighted by Crippen LogP contribution is -2.27. The second kappa shape index (κ2) is 9.09. The van der Waals surface area contributed by atoms with E-state index in [1.165, 1.54) is 39.6 Å². The van der Waals surface area contributed by atoms with E-state index in [1.54, 1.807) is 27.7 Å². The number of hydrogen-bond donors (Lipinski definition) is 2. The van der Waals surface area contributed by atoms with E-state index >= 15 is 0 Å². The minimum absolute atomic E-state index is 0.000346. The Hall–Kier alpha value is -3.25. The number of benzene rings is 1. The van der Waals surface area contributed by atoms with E-state index in [4.69, 9.17) is 16.7 Å². The van der Waals surface area contributed by atoms with Crippen molar-refractivity contribution in [3.8, 4) is 5.88 Å². The van der Waals surface area contributed by atoms with Gasteiger partial charge in [0.05, 0.1) is 16.3 Å². The highest BCUT2D eigenvalue weighted by molar-refractivity contribution is 7.92. The second-order valence-electron chi connectivity index (χ2n) is 6.89. The average molecular weight is 478 g/mol. The maximum Gasteiger partial charge on any atom is 0.267 e. The zero-order valence-corrected chi connectivity index (χ0v) is 19.6. The molecule has 0 atom stereocenters. The molecule has 0 aliphatic heterocycles. The summed E-state index contributed by atoms with van der Waals surface area (Å²) < 4.78 is 35.6. The van der Waals surface area contributed by atoms with Crippen molar-refractivity contribution in [2.45, 2.75) is 45.7 Å². The largest absolute Gasteiger partial charge is 0.494 e. The number of aromatic hydroxyl groups is 1. The summed E-state index contributed by atoms with van der Waals surface area (Å²) in [5, 5.41) is 14.2. The summed E-state index contributed by atoms with van der Waals surface area (Å²) in [5.74, 6) is -0.209. The Morgan fingerprint density at radius 3 is 2.34 bits per heavy atom. The molecule has 12 heteroatoms. The Morgan fingerprint density at radius 2 is 1.81 bits per heavy atom. The molecule has 0 spiro atoms. The van der Waals surface area contributed by atoms with E-state index in [1.807, 2.05) is 0 Å². The molecule has 1 aromatic carbocycles. The predicted octanol–water partition coefficient (Wildman–Crippen LogP) is 3.28. The molecule has 2 N–H and O–H groups in total. The number of nitrogens with zero attached hydrogens (tertiary/aromatic N) is 4. The van der Waals surface area contributed by atoms with Crippen LogP contribution in [0.1, 0.15) is 30.7 Å². The van der Waals surface area contributed by atoms with Gasteiger partial charge in [-0.3, -0.25) is 18.9 Å². The molecule has 0 saturated heterocycles. The minimum Gasteiger partial charge on any atom is -0.494 e. The average Bonchev–Trinajstić information content (AvgIpc) is 3.06. The molecule has 2 aromatic heterocycles. The molecule has 0 radical (unpaired) electrons. The van der Waals surface area contributed by atoms with E-state index in [0.717, 1.165) is 0 Å². The van der Waals surface area contributed by atoms with Crippen LogP contribution in [0.5, 0.6) is 5.88 Å². The van der Waals surface area contributed by atoms with Gasteiger partial charge in [-0.15, -0.1) is 0 Å². The van der Waals surface area contributed by atoms with Gasteiger partial charge in [0.15, 0.2) is 4.77 Å². The quantitative estimate of drug-likeness (QED) is 0.394. The molecule has 0 aliphatic rings. The monoisotopic (exact) mass is 477 g/mol. The summed E-state index contributed by atoms with van der Waals surface area (Å²) in [7, 11) is -3.89. The zero-order valence-electron chi connectivity index (χ0n) is 18.0. The molecular formula is C20H23N5O5S2. The van der Waals surface area contributed by atoms with Crippen LogP contribution in [0.25, 0.3) is 0 Å². The summed E-state index contributed by atoms with van der Waals surface area (Å²) in [5.41, 5.74) is 1.12. The molecule has 170 valence electrons. The van der Waals surface area contributed by atoms with Crippen molar-refractivity contribution in [2.75, 3.05) is 4.72 Å². The summed E-state index contributed by atoms with van der Waals surface area (Å²) >= 11 is 5.26. The van der Waals surface area contributed by atoms with Gasteiger partial charge >= 0.3 is 0 Å². The molecule has 10 nitrogen and oxygen atoms in total.